The van der Waals surface area contributed by atoms with E-state index in [0.717, 1.165) is 22.9 Å². The van der Waals surface area contributed by atoms with Gasteiger partial charge in [0, 0.05) is 17.1 Å². The molecule has 0 aliphatic carbocycles. The van der Waals surface area contributed by atoms with Crippen molar-refractivity contribution < 1.29 is 9.47 Å². The number of H-pyrrole nitrogens is 1. The number of fused-ring (bicyclic) bond motifs is 1. The highest BCUT2D eigenvalue weighted by Gasteiger charge is 2.09. The molecule has 6 heteroatoms. The summed E-state index contributed by atoms with van der Waals surface area (Å²) in [6.45, 7) is 2.00. The van der Waals surface area contributed by atoms with Gasteiger partial charge in [0.15, 0.2) is 11.5 Å². The largest absolute Gasteiger partial charge is 0.493 e. The second kappa shape index (κ2) is 7.26. The maximum atomic E-state index is 11.5. The van der Waals surface area contributed by atoms with Crippen LogP contribution < -0.4 is 15.0 Å². The Labute approximate surface area is 123 Å². The van der Waals surface area contributed by atoms with Gasteiger partial charge in [0.25, 0.3) is 0 Å². The molecule has 0 fully saturated rings. The molecule has 0 saturated heterocycles. The molecule has 0 unspecified atom stereocenters. The number of aryl methyl sites for hydroxylation is 1. The topological polar surface area (TPSA) is 51.3 Å². The van der Waals surface area contributed by atoms with Crippen LogP contribution in [0.25, 0.3) is 10.8 Å². The molecule has 0 atom stereocenters. The summed E-state index contributed by atoms with van der Waals surface area (Å²) in [5.74, 6) is 1.30. The van der Waals surface area contributed by atoms with Gasteiger partial charge >= 0.3 is 0 Å². The van der Waals surface area contributed by atoms with Gasteiger partial charge in [0.05, 0.1) is 14.2 Å². The Bertz CT molecular complexity index is 611. The van der Waals surface area contributed by atoms with Crippen molar-refractivity contribution in [3.8, 4) is 11.5 Å². The number of hydrogen-bond donors (Lipinski definition) is 1. The van der Waals surface area contributed by atoms with Crippen LogP contribution in [-0.2, 0) is 6.42 Å². The van der Waals surface area contributed by atoms with Crippen LogP contribution in [0.5, 0.6) is 11.5 Å². The van der Waals surface area contributed by atoms with Gasteiger partial charge in [-0.1, -0.05) is 6.92 Å². The van der Waals surface area contributed by atoms with Gasteiger partial charge in [0.2, 0.25) is 5.56 Å². The molecule has 0 bridgehead atoms. The smallest absolute Gasteiger partial charge is 0.248 e. The molecule has 0 amide bonds. The van der Waals surface area contributed by atoms with E-state index in [-0.39, 0.29) is 30.4 Å². The predicted octanol–water partition coefficient (Wildman–Crippen LogP) is 2.95. The van der Waals surface area contributed by atoms with Gasteiger partial charge in [0.1, 0.15) is 0 Å². The number of ether oxygens (including phenoxy) is 2. The van der Waals surface area contributed by atoms with Gasteiger partial charge in [-0.2, -0.15) is 0 Å². The third-order valence-electron chi connectivity index (χ3n) is 2.80. The van der Waals surface area contributed by atoms with Crippen LogP contribution in [-0.4, -0.2) is 19.2 Å². The molecular weight excluding hydrogens is 289 g/mol. The molecule has 0 spiro atoms. The molecule has 19 heavy (non-hydrogen) atoms. The Hall–Kier alpha value is -1.39. The summed E-state index contributed by atoms with van der Waals surface area (Å²) in [5.41, 5.74) is 0.815. The number of pyridine rings is 1. The quantitative estimate of drug-likeness (QED) is 0.948. The predicted molar refractivity (Wildman–Crippen MR) is 81.5 cm³/mol. The third-order valence-corrected chi connectivity index (χ3v) is 2.80. The monoisotopic (exact) mass is 305 g/mol. The fraction of sp³-hybridized carbons (Fsp3) is 0.308. The third kappa shape index (κ3) is 3.33. The summed E-state index contributed by atoms with van der Waals surface area (Å²) in [6.07, 6.45) is 0.766. The summed E-state index contributed by atoms with van der Waals surface area (Å²) >= 11 is 0. The lowest BCUT2D eigenvalue weighted by atomic mass is 10.1. The highest BCUT2D eigenvalue weighted by Crippen LogP contribution is 2.32. The Morgan fingerprint density at radius 3 is 2.16 bits per heavy atom. The molecule has 1 aromatic heterocycles. The van der Waals surface area contributed by atoms with E-state index in [1.165, 1.54) is 0 Å². The number of aromatic nitrogens is 1. The molecule has 1 N–H and O–H groups in total. The van der Waals surface area contributed by atoms with E-state index < -0.39 is 0 Å². The van der Waals surface area contributed by atoms with Crippen molar-refractivity contribution in [3.05, 3.63) is 34.2 Å². The van der Waals surface area contributed by atoms with Crippen molar-refractivity contribution >= 4 is 35.6 Å². The number of halogens is 2. The molecule has 0 aliphatic rings. The molecule has 1 heterocycles. The van der Waals surface area contributed by atoms with E-state index in [9.17, 15) is 4.79 Å². The van der Waals surface area contributed by atoms with Crippen LogP contribution in [0.1, 0.15) is 12.6 Å². The first-order valence-electron chi connectivity index (χ1n) is 5.47. The van der Waals surface area contributed by atoms with Crippen molar-refractivity contribution in [1.82, 2.24) is 4.98 Å². The molecule has 106 valence electrons. The number of benzene rings is 1. The minimum Gasteiger partial charge on any atom is -0.493 e. The van der Waals surface area contributed by atoms with E-state index >= 15 is 0 Å². The maximum Gasteiger partial charge on any atom is 0.248 e. The number of aromatic amines is 1. The average molecular weight is 306 g/mol. The number of nitrogens with one attached hydrogen (secondary N) is 1. The minimum absolute atomic E-state index is 0. The Kier molecular flexibility index (Phi) is 6.73. The number of hydrogen-bond acceptors (Lipinski definition) is 3. The molecule has 4 nitrogen and oxygen atoms in total. The summed E-state index contributed by atoms with van der Waals surface area (Å²) < 4.78 is 10.5. The van der Waals surface area contributed by atoms with E-state index in [4.69, 9.17) is 9.47 Å². The normalized spacial score (nSPS) is 9.42. The van der Waals surface area contributed by atoms with Crippen molar-refractivity contribution in [2.75, 3.05) is 14.2 Å². The minimum atomic E-state index is -0.0958. The van der Waals surface area contributed by atoms with Crippen LogP contribution in [0.2, 0.25) is 0 Å². The second-order valence-corrected chi connectivity index (χ2v) is 3.76. The average Bonchev–Trinajstić information content (AvgIpc) is 2.35. The van der Waals surface area contributed by atoms with Crippen molar-refractivity contribution in [1.29, 1.82) is 0 Å². The first-order valence-corrected chi connectivity index (χ1v) is 5.47. The Balaban J connectivity index is 0.00000162. The van der Waals surface area contributed by atoms with Crippen LogP contribution in [0.15, 0.2) is 23.0 Å². The molecule has 2 rings (SSSR count). The summed E-state index contributed by atoms with van der Waals surface area (Å²) in [4.78, 5) is 14.3. The molecule has 2 aromatic rings. The highest BCUT2D eigenvalue weighted by molar-refractivity contribution is 5.87. The zero-order valence-electron chi connectivity index (χ0n) is 11.0. The van der Waals surface area contributed by atoms with Crippen LogP contribution in [0, 0.1) is 0 Å². The maximum absolute atomic E-state index is 11.5. The zero-order chi connectivity index (χ0) is 12.4. The zero-order valence-corrected chi connectivity index (χ0v) is 12.6. The molecule has 0 radical (unpaired) electrons. The second-order valence-electron chi connectivity index (χ2n) is 3.76. The molecule has 1 aromatic carbocycles. The fourth-order valence-corrected chi connectivity index (χ4v) is 1.95. The molecule has 0 aliphatic heterocycles. The van der Waals surface area contributed by atoms with Crippen molar-refractivity contribution in [3.63, 3.8) is 0 Å². The van der Waals surface area contributed by atoms with Crippen molar-refractivity contribution in [2.24, 2.45) is 0 Å². The van der Waals surface area contributed by atoms with Gasteiger partial charge in [-0.05, 0) is 23.9 Å². The van der Waals surface area contributed by atoms with Crippen LogP contribution in [0.4, 0.5) is 0 Å². The fourth-order valence-electron chi connectivity index (χ4n) is 1.95. The Morgan fingerprint density at radius 1 is 1.05 bits per heavy atom. The van der Waals surface area contributed by atoms with Gasteiger partial charge in [-0.25, -0.2) is 0 Å². The van der Waals surface area contributed by atoms with Gasteiger partial charge in [-0.15, -0.1) is 24.8 Å². The standard InChI is InChI=1S/C13H15NO3.2ClH/c1-4-10-9-7-12(17-3)11(16-2)5-8(9)6-13(15)14-10;;/h5-7H,4H2,1-3H3,(H,14,15);2*1H. The summed E-state index contributed by atoms with van der Waals surface area (Å²) in [6, 6.07) is 5.28. The first-order chi connectivity index (χ1) is 8.19. The summed E-state index contributed by atoms with van der Waals surface area (Å²) in [5, 5.41) is 1.85. The lowest BCUT2D eigenvalue weighted by Gasteiger charge is -2.10. The Morgan fingerprint density at radius 2 is 1.63 bits per heavy atom. The van der Waals surface area contributed by atoms with E-state index in [2.05, 4.69) is 4.98 Å². The van der Waals surface area contributed by atoms with E-state index in [1.807, 2.05) is 19.1 Å². The SMILES string of the molecule is CCc1[nH]c(=O)cc2cc(OC)c(OC)cc12.Cl.Cl. The first kappa shape index (κ1) is 17.6. The summed E-state index contributed by atoms with van der Waals surface area (Å²) in [7, 11) is 3.18. The molecular formula is C13H17Cl2NO3. The van der Waals surface area contributed by atoms with E-state index in [0.29, 0.717) is 11.5 Å². The lowest BCUT2D eigenvalue weighted by Crippen LogP contribution is -2.07. The van der Waals surface area contributed by atoms with Gasteiger partial charge in [-0.3, -0.25) is 4.79 Å². The van der Waals surface area contributed by atoms with Crippen molar-refractivity contribution in [2.45, 2.75) is 13.3 Å². The lowest BCUT2D eigenvalue weighted by molar-refractivity contribution is 0.356. The molecule has 0 saturated carbocycles. The highest BCUT2D eigenvalue weighted by atomic mass is 35.5. The van der Waals surface area contributed by atoms with Crippen LogP contribution in [0.3, 0.4) is 0 Å². The van der Waals surface area contributed by atoms with E-state index in [1.54, 1.807) is 20.3 Å². The number of methoxy groups -OCH3 is 2. The number of rotatable bonds is 3. The van der Waals surface area contributed by atoms with Gasteiger partial charge < -0.3 is 14.5 Å². The van der Waals surface area contributed by atoms with Crippen LogP contribution >= 0.6 is 24.8 Å².